The third-order valence-corrected chi connectivity index (χ3v) is 2.30. The Balaban J connectivity index is 5.51. The molecule has 9 heteroatoms. The fourth-order valence-corrected chi connectivity index (χ4v) is 1.15. The molecule has 114 valence electrons. The molecule has 19 heavy (non-hydrogen) atoms. The van der Waals surface area contributed by atoms with Crippen LogP contribution in [0, 0.1) is 0 Å². The van der Waals surface area contributed by atoms with Gasteiger partial charge in [-0.25, -0.2) is 4.39 Å². The second-order valence-electron chi connectivity index (χ2n) is 3.83. The van der Waals surface area contributed by atoms with E-state index in [0.29, 0.717) is 12.5 Å². The summed E-state index contributed by atoms with van der Waals surface area (Å²) in [5.41, 5.74) is -5.77. The maximum atomic E-state index is 13.3. The minimum Gasteiger partial charge on any atom is -0.222 e. The van der Waals surface area contributed by atoms with Gasteiger partial charge in [0.25, 0.3) is 5.67 Å². The highest BCUT2D eigenvalue weighted by Crippen LogP contribution is 2.53. The lowest BCUT2D eigenvalue weighted by Crippen LogP contribution is -2.61. The van der Waals surface area contributed by atoms with E-state index in [4.69, 9.17) is 0 Å². The molecule has 0 aliphatic carbocycles. The summed E-state index contributed by atoms with van der Waals surface area (Å²) >= 11 is 0. The normalized spacial score (nSPS) is 17.8. The summed E-state index contributed by atoms with van der Waals surface area (Å²) in [5, 5.41) is 0. The van der Waals surface area contributed by atoms with Crippen molar-refractivity contribution in [2.75, 3.05) is 0 Å². The standard InChI is InChI=1S/C10H11F9/c1-2-3-4-5-6-7(11,9(14,15)16)8(12,13)10(17,18)19/h5-6H,2-4H2,1H3/b6-5-/t7-/m1/s1. The highest BCUT2D eigenvalue weighted by molar-refractivity contribution is 5.16. The molecule has 0 radical (unpaired) electrons. The molecule has 0 saturated heterocycles. The van der Waals surface area contributed by atoms with Gasteiger partial charge in [-0.05, 0) is 12.5 Å². The Labute approximate surface area is 103 Å². The first-order valence-electron chi connectivity index (χ1n) is 5.19. The number of allylic oxidation sites excluding steroid dienone is 2. The van der Waals surface area contributed by atoms with Gasteiger partial charge in [0.15, 0.2) is 0 Å². The molecular formula is C10H11F9. The molecular weight excluding hydrogens is 291 g/mol. The van der Waals surface area contributed by atoms with E-state index in [-0.39, 0.29) is 12.8 Å². The third-order valence-electron chi connectivity index (χ3n) is 2.30. The molecule has 0 unspecified atom stereocenters. The molecule has 0 bridgehead atoms. The molecule has 0 nitrogen and oxygen atoms in total. The van der Waals surface area contributed by atoms with E-state index in [1.54, 1.807) is 6.92 Å². The van der Waals surface area contributed by atoms with E-state index in [1.807, 2.05) is 0 Å². The van der Waals surface area contributed by atoms with Crippen molar-refractivity contribution in [1.82, 2.24) is 0 Å². The van der Waals surface area contributed by atoms with Gasteiger partial charge in [0, 0.05) is 0 Å². The second-order valence-corrected chi connectivity index (χ2v) is 3.83. The third kappa shape index (κ3) is 3.56. The predicted octanol–water partition coefficient (Wildman–Crippen LogP) is 5.20. The Morgan fingerprint density at radius 1 is 0.789 bits per heavy atom. The summed E-state index contributed by atoms with van der Waals surface area (Å²) in [5.74, 6) is -6.55. The Bertz CT molecular complexity index is 312. The maximum absolute atomic E-state index is 13.3. The monoisotopic (exact) mass is 302 g/mol. The van der Waals surface area contributed by atoms with Crippen LogP contribution in [0.3, 0.4) is 0 Å². The summed E-state index contributed by atoms with van der Waals surface area (Å²) in [7, 11) is 0. The number of alkyl halides is 9. The quantitative estimate of drug-likeness (QED) is 0.372. The molecule has 0 aliphatic rings. The zero-order valence-corrected chi connectivity index (χ0v) is 9.68. The highest BCUT2D eigenvalue weighted by Gasteiger charge is 2.79. The van der Waals surface area contributed by atoms with Gasteiger partial charge in [0.05, 0.1) is 0 Å². The SMILES string of the molecule is CCCC/C=C\[C@](F)(C(F)(F)F)C(F)(F)C(F)(F)F. The largest absolute Gasteiger partial charge is 0.457 e. The molecule has 0 N–H and O–H groups in total. The minimum absolute atomic E-state index is 0.230. The van der Waals surface area contributed by atoms with Crippen molar-refractivity contribution in [1.29, 1.82) is 0 Å². The van der Waals surface area contributed by atoms with E-state index >= 15 is 0 Å². The van der Waals surface area contributed by atoms with Gasteiger partial charge < -0.3 is 0 Å². The van der Waals surface area contributed by atoms with E-state index in [2.05, 4.69) is 0 Å². The van der Waals surface area contributed by atoms with Crippen molar-refractivity contribution in [3.05, 3.63) is 12.2 Å². The number of halogens is 9. The Morgan fingerprint density at radius 3 is 1.58 bits per heavy atom. The first kappa shape index (κ1) is 18.1. The number of hydrogen-bond acceptors (Lipinski definition) is 0. The van der Waals surface area contributed by atoms with Crippen LogP contribution in [0.4, 0.5) is 39.5 Å². The van der Waals surface area contributed by atoms with Crippen molar-refractivity contribution in [2.24, 2.45) is 0 Å². The van der Waals surface area contributed by atoms with Crippen molar-refractivity contribution < 1.29 is 39.5 Å². The summed E-state index contributed by atoms with van der Waals surface area (Å²) < 4.78 is 111. The molecule has 0 aromatic rings. The molecule has 0 rings (SSSR count). The van der Waals surface area contributed by atoms with Gasteiger partial charge in [-0.15, -0.1) is 0 Å². The first-order chi connectivity index (χ1) is 8.31. The summed E-state index contributed by atoms with van der Waals surface area (Å²) in [6.07, 6.45) is -13.0. The minimum atomic E-state index is -6.65. The first-order valence-corrected chi connectivity index (χ1v) is 5.19. The predicted molar refractivity (Wildman–Crippen MR) is 49.6 cm³/mol. The molecule has 1 atom stereocenters. The lowest BCUT2D eigenvalue weighted by molar-refractivity contribution is -0.369. The molecule has 0 amide bonds. The van der Waals surface area contributed by atoms with Crippen LogP contribution in [0.15, 0.2) is 12.2 Å². The summed E-state index contributed by atoms with van der Waals surface area (Å²) in [6, 6.07) is 0. The van der Waals surface area contributed by atoms with Crippen molar-refractivity contribution in [3.8, 4) is 0 Å². The summed E-state index contributed by atoms with van der Waals surface area (Å²) in [6.45, 7) is 1.62. The second kappa shape index (κ2) is 5.62. The average Bonchev–Trinajstić information content (AvgIpc) is 2.20. The van der Waals surface area contributed by atoms with Gasteiger partial charge in [-0.2, -0.15) is 35.1 Å². The van der Waals surface area contributed by atoms with Crippen LogP contribution < -0.4 is 0 Å². The molecule has 0 spiro atoms. The number of hydrogen-bond donors (Lipinski definition) is 0. The van der Waals surface area contributed by atoms with E-state index in [1.165, 1.54) is 0 Å². The van der Waals surface area contributed by atoms with Gasteiger partial charge >= 0.3 is 18.3 Å². The van der Waals surface area contributed by atoms with Crippen LogP contribution in [0.2, 0.25) is 0 Å². The number of unbranched alkanes of at least 4 members (excludes halogenated alkanes) is 2. The van der Waals surface area contributed by atoms with Crippen LogP contribution in [0.5, 0.6) is 0 Å². The maximum Gasteiger partial charge on any atom is 0.457 e. The Morgan fingerprint density at radius 2 is 1.26 bits per heavy atom. The summed E-state index contributed by atoms with van der Waals surface area (Å²) in [4.78, 5) is 0. The molecule has 0 saturated carbocycles. The lowest BCUT2D eigenvalue weighted by atomic mass is 9.95. The average molecular weight is 302 g/mol. The lowest BCUT2D eigenvalue weighted by Gasteiger charge is -2.33. The van der Waals surface area contributed by atoms with Gasteiger partial charge in [-0.3, -0.25) is 0 Å². The van der Waals surface area contributed by atoms with E-state index in [9.17, 15) is 39.5 Å². The van der Waals surface area contributed by atoms with E-state index < -0.39 is 30.0 Å². The fourth-order valence-electron chi connectivity index (χ4n) is 1.15. The molecule has 0 heterocycles. The zero-order chi connectivity index (χ0) is 15.5. The van der Waals surface area contributed by atoms with E-state index in [0.717, 1.165) is 0 Å². The van der Waals surface area contributed by atoms with Crippen LogP contribution in [0.25, 0.3) is 0 Å². The van der Waals surface area contributed by atoms with Crippen LogP contribution >= 0.6 is 0 Å². The fraction of sp³-hybridized carbons (Fsp3) is 0.800. The van der Waals surface area contributed by atoms with Crippen LogP contribution in [-0.2, 0) is 0 Å². The van der Waals surface area contributed by atoms with Crippen LogP contribution in [0.1, 0.15) is 26.2 Å². The Hall–Kier alpha value is -0.890. The topological polar surface area (TPSA) is 0 Å². The van der Waals surface area contributed by atoms with Gasteiger partial charge in [0.2, 0.25) is 0 Å². The van der Waals surface area contributed by atoms with Gasteiger partial charge in [0.1, 0.15) is 0 Å². The molecule has 0 aromatic carbocycles. The molecule has 0 aliphatic heterocycles. The molecule has 0 aromatic heterocycles. The smallest absolute Gasteiger partial charge is 0.222 e. The van der Waals surface area contributed by atoms with Crippen molar-refractivity contribution >= 4 is 0 Å². The zero-order valence-electron chi connectivity index (χ0n) is 9.68. The highest BCUT2D eigenvalue weighted by atomic mass is 19.4. The van der Waals surface area contributed by atoms with Gasteiger partial charge in [-0.1, -0.05) is 25.8 Å². The van der Waals surface area contributed by atoms with Crippen LogP contribution in [-0.4, -0.2) is 23.9 Å². The number of rotatable bonds is 5. The Kier molecular flexibility index (Phi) is 5.36. The van der Waals surface area contributed by atoms with Crippen molar-refractivity contribution in [3.63, 3.8) is 0 Å². The van der Waals surface area contributed by atoms with Crippen molar-refractivity contribution in [2.45, 2.75) is 50.1 Å². The molecule has 0 fully saturated rings.